The van der Waals surface area contributed by atoms with Crippen LogP contribution in [-0.2, 0) is 4.79 Å². The van der Waals surface area contributed by atoms with Gasteiger partial charge in [0.05, 0.1) is 12.3 Å². The van der Waals surface area contributed by atoms with E-state index in [-0.39, 0.29) is 11.7 Å². The van der Waals surface area contributed by atoms with Crippen LogP contribution >= 0.6 is 23.4 Å². The van der Waals surface area contributed by atoms with Crippen LogP contribution in [0.5, 0.6) is 5.75 Å². The Balaban J connectivity index is 1.50. The monoisotopic (exact) mass is 430 g/mol. The molecule has 0 N–H and O–H groups in total. The minimum absolute atomic E-state index is 0.00402. The van der Waals surface area contributed by atoms with Crippen molar-refractivity contribution in [2.45, 2.75) is 19.0 Å². The largest absolute Gasteiger partial charge is 0.492 e. The van der Waals surface area contributed by atoms with Crippen LogP contribution in [0.4, 0.5) is 0 Å². The number of aromatic nitrogens is 3. The fourth-order valence-electron chi connectivity index (χ4n) is 2.57. The number of carbonyl (C=O) groups excluding carboxylic acids is 1. The molecular formula is C21H23ClN4O2S. The lowest BCUT2D eigenvalue weighted by molar-refractivity contribution is -0.127. The Morgan fingerprint density at radius 1 is 1.17 bits per heavy atom. The summed E-state index contributed by atoms with van der Waals surface area (Å²) in [5, 5.41) is 9.50. The first-order chi connectivity index (χ1) is 13.9. The summed E-state index contributed by atoms with van der Waals surface area (Å²) in [6, 6.07) is 13.3. The lowest BCUT2D eigenvalue weighted by Crippen LogP contribution is -2.32. The van der Waals surface area contributed by atoms with E-state index in [0.717, 1.165) is 11.4 Å². The number of hydrogen-bond donors (Lipinski definition) is 0. The highest BCUT2D eigenvalue weighted by Gasteiger charge is 2.13. The molecule has 0 saturated heterocycles. The molecule has 0 unspecified atom stereocenters. The van der Waals surface area contributed by atoms with Gasteiger partial charge < -0.3 is 9.64 Å². The molecule has 0 fully saturated rings. The van der Waals surface area contributed by atoms with E-state index >= 15 is 0 Å². The highest BCUT2D eigenvalue weighted by atomic mass is 35.5. The fourth-order valence-corrected chi connectivity index (χ4v) is 3.56. The van der Waals surface area contributed by atoms with Crippen LogP contribution in [-0.4, -0.2) is 51.5 Å². The minimum atomic E-state index is 0.00402. The average Bonchev–Trinajstić information content (AvgIpc) is 3.18. The van der Waals surface area contributed by atoms with Gasteiger partial charge >= 0.3 is 0 Å². The maximum absolute atomic E-state index is 12.4. The molecule has 29 heavy (non-hydrogen) atoms. The first-order valence-corrected chi connectivity index (χ1v) is 10.5. The Morgan fingerprint density at radius 3 is 2.66 bits per heavy atom. The van der Waals surface area contributed by atoms with E-state index in [1.807, 2.05) is 10.6 Å². The SMILES string of the molecule is Cc1ccc(-n2cnnc2SCC(=O)N(C)CCOc2ccc(Cl)cc2)cc1C. The number of hydrogen-bond acceptors (Lipinski definition) is 5. The molecule has 3 rings (SSSR count). The predicted octanol–water partition coefficient (Wildman–Crippen LogP) is 4.17. The summed E-state index contributed by atoms with van der Waals surface area (Å²) in [7, 11) is 1.77. The molecule has 2 aromatic carbocycles. The molecule has 0 atom stereocenters. The van der Waals surface area contributed by atoms with E-state index in [1.165, 1.54) is 22.9 Å². The van der Waals surface area contributed by atoms with Crippen LogP contribution < -0.4 is 4.74 Å². The molecule has 0 saturated carbocycles. The van der Waals surface area contributed by atoms with Crippen molar-refractivity contribution in [3.63, 3.8) is 0 Å². The lowest BCUT2D eigenvalue weighted by atomic mass is 10.1. The van der Waals surface area contributed by atoms with Crippen molar-refractivity contribution < 1.29 is 9.53 Å². The average molecular weight is 431 g/mol. The molecule has 3 aromatic rings. The molecule has 0 radical (unpaired) electrons. The van der Waals surface area contributed by atoms with Gasteiger partial charge in [-0.2, -0.15) is 0 Å². The highest BCUT2D eigenvalue weighted by molar-refractivity contribution is 7.99. The van der Waals surface area contributed by atoms with E-state index in [1.54, 1.807) is 42.5 Å². The molecule has 0 aliphatic heterocycles. The quantitative estimate of drug-likeness (QED) is 0.502. The van der Waals surface area contributed by atoms with Crippen molar-refractivity contribution >= 4 is 29.3 Å². The van der Waals surface area contributed by atoms with Gasteiger partial charge in [0.1, 0.15) is 18.7 Å². The fraction of sp³-hybridized carbons (Fsp3) is 0.286. The van der Waals surface area contributed by atoms with E-state index in [4.69, 9.17) is 16.3 Å². The van der Waals surface area contributed by atoms with Gasteiger partial charge in [0, 0.05) is 17.8 Å². The van der Waals surface area contributed by atoms with Crippen LogP contribution in [0.25, 0.3) is 5.69 Å². The third-order valence-corrected chi connectivity index (χ3v) is 5.72. The summed E-state index contributed by atoms with van der Waals surface area (Å²) in [6.45, 7) is 5.05. The molecule has 0 aliphatic carbocycles. The molecule has 0 spiro atoms. The normalized spacial score (nSPS) is 10.8. The molecular weight excluding hydrogens is 408 g/mol. The standard InChI is InChI=1S/C21H23ClN4O2S/c1-15-4-7-18(12-16(15)2)26-14-23-24-21(26)29-13-20(27)25(3)10-11-28-19-8-5-17(22)6-9-19/h4-9,12,14H,10-11,13H2,1-3H3. The lowest BCUT2D eigenvalue weighted by Gasteiger charge is -2.17. The van der Waals surface area contributed by atoms with Crippen LogP contribution in [0.15, 0.2) is 53.9 Å². The van der Waals surface area contributed by atoms with Crippen LogP contribution in [0.2, 0.25) is 5.02 Å². The van der Waals surface area contributed by atoms with Crippen molar-refractivity contribution in [2.75, 3.05) is 26.0 Å². The number of amides is 1. The number of nitrogens with zero attached hydrogens (tertiary/aromatic N) is 4. The molecule has 6 nitrogen and oxygen atoms in total. The number of aryl methyl sites for hydroxylation is 2. The number of thioether (sulfide) groups is 1. The first-order valence-electron chi connectivity index (χ1n) is 9.17. The summed E-state index contributed by atoms with van der Waals surface area (Å²) < 4.78 is 7.54. The molecule has 0 aliphatic rings. The summed E-state index contributed by atoms with van der Waals surface area (Å²) >= 11 is 7.23. The van der Waals surface area contributed by atoms with Gasteiger partial charge in [-0.3, -0.25) is 9.36 Å². The first kappa shape index (κ1) is 21.2. The second-order valence-electron chi connectivity index (χ2n) is 6.66. The molecule has 1 heterocycles. The van der Waals surface area contributed by atoms with Gasteiger partial charge in [0.2, 0.25) is 5.91 Å². The van der Waals surface area contributed by atoms with Gasteiger partial charge in [-0.05, 0) is 61.4 Å². The number of benzene rings is 2. The van der Waals surface area contributed by atoms with E-state index < -0.39 is 0 Å². The zero-order valence-corrected chi connectivity index (χ0v) is 18.2. The summed E-state index contributed by atoms with van der Waals surface area (Å²) in [5.74, 6) is 1.01. The Kier molecular flexibility index (Phi) is 7.17. The van der Waals surface area contributed by atoms with Gasteiger partial charge in [-0.25, -0.2) is 0 Å². The van der Waals surface area contributed by atoms with E-state index in [2.05, 4.69) is 36.2 Å². The molecule has 8 heteroatoms. The Morgan fingerprint density at radius 2 is 1.93 bits per heavy atom. The van der Waals surface area contributed by atoms with Crippen LogP contribution in [0.3, 0.4) is 0 Å². The van der Waals surface area contributed by atoms with E-state index in [0.29, 0.717) is 23.3 Å². The zero-order valence-electron chi connectivity index (χ0n) is 16.6. The third kappa shape index (κ3) is 5.74. The maximum Gasteiger partial charge on any atom is 0.232 e. The number of rotatable bonds is 8. The number of halogens is 1. The van der Waals surface area contributed by atoms with Gasteiger partial charge in [-0.15, -0.1) is 10.2 Å². The Hall–Kier alpha value is -2.51. The summed E-state index contributed by atoms with van der Waals surface area (Å²) in [6.07, 6.45) is 1.67. The zero-order chi connectivity index (χ0) is 20.8. The summed E-state index contributed by atoms with van der Waals surface area (Å²) in [4.78, 5) is 14.1. The van der Waals surface area contributed by atoms with Crippen LogP contribution in [0.1, 0.15) is 11.1 Å². The van der Waals surface area contributed by atoms with Gasteiger partial charge in [-0.1, -0.05) is 29.4 Å². The summed E-state index contributed by atoms with van der Waals surface area (Å²) in [5.41, 5.74) is 3.41. The molecule has 152 valence electrons. The van der Waals surface area contributed by atoms with Crippen molar-refractivity contribution in [1.82, 2.24) is 19.7 Å². The highest BCUT2D eigenvalue weighted by Crippen LogP contribution is 2.21. The number of carbonyl (C=O) groups is 1. The second kappa shape index (κ2) is 9.80. The maximum atomic E-state index is 12.4. The van der Waals surface area contributed by atoms with Crippen molar-refractivity contribution in [3.05, 3.63) is 64.9 Å². The van der Waals surface area contributed by atoms with Crippen molar-refractivity contribution in [1.29, 1.82) is 0 Å². The molecule has 1 aromatic heterocycles. The van der Waals surface area contributed by atoms with Gasteiger partial charge in [0.25, 0.3) is 0 Å². The smallest absolute Gasteiger partial charge is 0.232 e. The molecule has 1 amide bonds. The Labute approximate surface area is 179 Å². The number of likely N-dealkylation sites (N-methyl/N-ethyl adjacent to an activating group) is 1. The Bertz CT molecular complexity index is 975. The second-order valence-corrected chi connectivity index (χ2v) is 8.04. The van der Waals surface area contributed by atoms with Crippen LogP contribution in [0, 0.1) is 13.8 Å². The predicted molar refractivity (Wildman–Crippen MR) is 116 cm³/mol. The molecule has 0 bridgehead atoms. The minimum Gasteiger partial charge on any atom is -0.492 e. The number of ether oxygens (including phenoxy) is 1. The topological polar surface area (TPSA) is 60.2 Å². The van der Waals surface area contributed by atoms with E-state index in [9.17, 15) is 4.79 Å². The van der Waals surface area contributed by atoms with Crippen molar-refractivity contribution in [3.8, 4) is 11.4 Å². The van der Waals surface area contributed by atoms with Crippen molar-refractivity contribution in [2.24, 2.45) is 0 Å². The third-order valence-electron chi connectivity index (χ3n) is 4.54. The van der Waals surface area contributed by atoms with Gasteiger partial charge in [0.15, 0.2) is 5.16 Å².